The quantitative estimate of drug-likeness (QED) is 0.719. The van der Waals surface area contributed by atoms with E-state index >= 15 is 0 Å². The van der Waals surface area contributed by atoms with E-state index in [-0.39, 0.29) is 11.6 Å². The highest BCUT2D eigenvalue weighted by Gasteiger charge is 2.12. The number of hydrogen-bond acceptors (Lipinski definition) is 4. The molecular weight excluding hydrogens is 350 g/mol. The lowest BCUT2D eigenvalue weighted by Crippen LogP contribution is -2.28. The van der Waals surface area contributed by atoms with Crippen LogP contribution in [0.25, 0.3) is 0 Å². The minimum Gasteiger partial charge on any atom is -0.341 e. The topological polar surface area (TPSA) is 58.1 Å². The lowest BCUT2D eigenvalue weighted by atomic mass is 10.2. The number of pyridine rings is 2. The van der Waals surface area contributed by atoms with Gasteiger partial charge in [0.05, 0.1) is 11.3 Å². The third-order valence-corrected chi connectivity index (χ3v) is 4.04. The van der Waals surface area contributed by atoms with Crippen molar-refractivity contribution >= 4 is 17.4 Å². The molecule has 3 aromatic rings. The Morgan fingerprint density at radius 2 is 1.89 bits per heavy atom. The Hall–Kier alpha value is -3.35. The van der Waals surface area contributed by atoms with E-state index in [1.54, 1.807) is 36.5 Å². The molecule has 0 aliphatic heterocycles. The molecule has 7 heteroatoms. The van der Waals surface area contributed by atoms with E-state index < -0.39 is 11.6 Å². The second kappa shape index (κ2) is 8.35. The first kappa shape index (κ1) is 18.4. The van der Waals surface area contributed by atoms with Gasteiger partial charge in [-0.2, -0.15) is 0 Å². The van der Waals surface area contributed by atoms with Crippen molar-refractivity contribution in [2.24, 2.45) is 0 Å². The van der Waals surface area contributed by atoms with Crippen molar-refractivity contribution in [2.45, 2.75) is 6.42 Å². The van der Waals surface area contributed by atoms with Gasteiger partial charge in [0.25, 0.3) is 5.91 Å². The summed E-state index contributed by atoms with van der Waals surface area (Å²) >= 11 is 0. The molecule has 3 rings (SSSR count). The summed E-state index contributed by atoms with van der Waals surface area (Å²) in [5, 5.41) is 2.76. The first-order valence-corrected chi connectivity index (χ1v) is 8.35. The molecule has 2 heterocycles. The molecule has 1 amide bonds. The molecule has 0 radical (unpaired) electrons. The number of hydrogen-bond donors (Lipinski definition) is 1. The number of carbonyl (C=O) groups is 1. The van der Waals surface area contributed by atoms with E-state index in [1.807, 2.05) is 12.1 Å². The highest BCUT2D eigenvalue weighted by molar-refractivity contribution is 5.94. The van der Waals surface area contributed by atoms with Crippen LogP contribution < -0.4 is 5.32 Å². The van der Waals surface area contributed by atoms with Crippen LogP contribution >= 0.6 is 0 Å². The van der Waals surface area contributed by atoms with Crippen molar-refractivity contribution < 1.29 is 13.6 Å². The van der Waals surface area contributed by atoms with Crippen LogP contribution in [0.5, 0.6) is 0 Å². The maximum atomic E-state index is 13.7. The molecule has 0 saturated heterocycles. The van der Waals surface area contributed by atoms with Crippen molar-refractivity contribution in [3.8, 4) is 0 Å². The van der Waals surface area contributed by atoms with Gasteiger partial charge in [0.1, 0.15) is 17.5 Å². The molecule has 0 spiro atoms. The minimum atomic E-state index is -0.715. The number of amides is 1. The smallest absolute Gasteiger partial charge is 0.255 e. The number of carbonyl (C=O) groups excluding carboxylic acids is 1. The van der Waals surface area contributed by atoms with Crippen LogP contribution in [0.2, 0.25) is 0 Å². The molecule has 27 heavy (non-hydrogen) atoms. The van der Waals surface area contributed by atoms with E-state index in [1.165, 1.54) is 12.3 Å². The predicted octanol–water partition coefficient (Wildman–Crippen LogP) is 3.81. The summed E-state index contributed by atoms with van der Waals surface area (Å²) in [4.78, 5) is 22.2. The van der Waals surface area contributed by atoms with E-state index in [9.17, 15) is 13.6 Å². The molecule has 1 aromatic carbocycles. The van der Waals surface area contributed by atoms with E-state index in [0.717, 1.165) is 24.1 Å². The largest absolute Gasteiger partial charge is 0.341 e. The van der Waals surface area contributed by atoms with Gasteiger partial charge in [-0.15, -0.1) is 0 Å². The fourth-order valence-electron chi connectivity index (χ4n) is 2.49. The fraction of sp³-hybridized carbons (Fsp3) is 0.150. The molecule has 2 aromatic heterocycles. The van der Waals surface area contributed by atoms with Crippen LogP contribution in [0.4, 0.5) is 20.3 Å². The van der Waals surface area contributed by atoms with Crippen LogP contribution in [0, 0.1) is 11.6 Å². The SMILES string of the molecule is CN(CCc1ccncc1)C(=O)c1ccc(Nc2ccc(F)cc2F)nc1. The van der Waals surface area contributed by atoms with E-state index in [4.69, 9.17) is 0 Å². The highest BCUT2D eigenvalue weighted by Crippen LogP contribution is 2.19. The third-order valence-electron chi connectivity index (χ3n) is 4.04. The molecule has 0 atom stereocenters. The summed E-state index contributed by atoms with van der Waals surface area (Å²) in [6.07, 6.45) is 5.59. The average Bonchev–Trinajstić information content (AvgIpc) is 2.69. The van der Waals surface area contributed by atoms with Gasteiger partial charge in [-0.3, -0.25) is 9.78 Å². The number of benzene rings is 1. The molecule has 1 N–H and O–H groups in total. The third kappa shape index (κ3) is 4.84. The van der Waals surface area contributed by atoms with Crippen LogP contribution in [0.1, 0.15) is 15.9 Å². The van der Waals surface area contributed by atoms with Crippen LogP contribution in [-0.4, -0.2) is 34.4 Å². The fourth-order valence-corrected chi connectivity index (χ4v) is 2.49. The molecule has 5 nitrogen and oxygen atoms in total. The molecule has 138 valence electrons. The second-order valence-electron chi connectivity index (χ2n) is 6.01. The van der Waals surface area contributed by atoms with Gasteiger partial charge >= 0.3 is 0 Å². The monoisotopic (exact) mass is 368 g/mol. The molecular formula is C20H18F2N4O. The van der Waals surface area contributed by atoms with Crippen molar-refractivity contribution in [2.75, 3.05) is 18.9 Å². The summed E-state index contributed by atoms with van der Waals surface area (Å²) in [5.74, 6) is -1.16. The van der Waals surface area contributed by atoms with Crippen molar-refractivity contribution in [3.63, 3.8) is 0 Å². The second-order valence-corrected chi connectivity index (χ2v) is 6.01. The van der Waals surface area contributed by atoms with Crippen LogP contribution in [0.3, 0.4) is 0 Å². The Balaban J connectivity index is 1.61. The lowest BCUT2D eigenvalue weighted by Gasteiger charge is -2.17. The minimum absolute atomic E-state index is 0.109. The molecule has 0 bridgehead atoms. The van der Waals surface area contributed by atoms with Gasteiger partial charge in [-0.1, -0.05) is 0 Å². The first-order chi connectivity index (χ1) is 13.0. The van der Waals surface area contributed by atoms with Gasteiger partial charge in [0, 0.05) is 38.2 Å². The Kier molecular flexibility index (Phi) is 5.71. The van der Waals surface area contributed by atoms with E-state index in [2.05, 4.69) is 15.3 Å². The number of anilines is 2. The molecule has 0 aliphatic carbocycles. The average molecular weight is 368 g/mol. The predicted molar refractivity (Wildman–Crippen MR) is 98.8 cm³/mol. The normalized spacial score (nSPS) is 10.5. The summed E-state index contributed by atoms with van der Waals surface area (Å²) < 4.78 is 26.6. The molecule has 0 saturated carbocycles. The number of nitrogens with zero attached hydrogens (tertiary/aromatic N) is 3. The van der Waals surface area contributed by atoms with Gasteiger partial charge in [-0.25, -0.2) is 13.8 Å². The Bertz CT molecular complexity index is 917. The first-order valence-electron chi connectivity index (χ1n) is 8.35. The summed E-state index contributed by atoms with van der Waals surface area (Å²) in [6.45, 7) is 0.559. The maximum absolute atomic E-state index is 13.7. The zero-order valence-corrected chi connectivity index (χ0v) is 14.7. The summed E-state index contributed by atoms with van der Waals surface area (Å²) in [5.41, 5.74) is 1.64. The van der Waals surface area contributed by atoms with E-state index in [0.29, 0.717) is 17.9 Å². The zero-order chi connectivity index (χ0) is 19.2. The molecule has 0 aliphatic rings. The highest BCUT2D eigenvalue weighted by atomic mass is 19.1. The Morgan fingerprint density at radius 1 is 1.11 bits per heavy atom. The maximum Gasteiger partial charge on any atom is 0.255 e. The van der Waals surface area contributed by atoms with Gasteiger partial charge in [0.2, 0.25) is 0 Å². The number of halogens is 2. The van der Waals surface area contributed by atoms with Crippen molar-refractivity contribution in [1.29, 1.82) is 0 Å². The molecule has 0 fully saturated rings. The molecule has 0 unspecified atom stereocenters. The standard InChI is InChI=1S/C20H18F2N4O/c1-26(11-8-14-6-9-23-10-7-14)20(27)15-2-5-19(24-13-15)25-18-4-3-16(21)12-17(18)22/h2-7,9-10,12-13H,8,11H2,1H3,(H,24,25). The van der Waals surface area contributed by atoms with Gasteiger partial charge in [0.15, 0.2) is 0 Å². The Morgan fingerprint density at radius 3 is 2.56 bits per heavy atom. The summed E-state index contributed by atoms with van der Waals surface area (Å²) in [6, 6.07) is 10.2. The van der Waals surface area contributed by atoms with Crippen LogP contribution in [0.15, 0.2) is 61.1 Å². The van der Waals surface area contributed by atoms with Crippen LogP contribution in [-0.2, 0) is 6.42 Å². The van der Waals surface area contributed by atoms with Gasteiger partial charge in [-0.05, 0) is 48.4 Å². The summed E-state index contributed by atoms with van der Waals surface area (Å²) in [7, 11) is 1.73. The Labute approximate surface area is 155 Å². The van der Waals surface area contributed by atoms with Crippen molar-refractivity contribution in [3.05, 3.63) is 83.8 Å². The number of likely N-dealkylation sites (N-methyl/N-ethyl adjacent to an activating group) is 1. The number of aromatic nitrogens is 2. The number of rotatable bonds is 6. The zero-order valence-electron chi connectivity index (χ0n) is 14.7. The van der Waals surface area contributed by atoms with Gasteiger partial charge < -0.3 is 10.2 Å². The van der Waals surface area contributed by atoms with Crippen molar-refractivity contribution in [1.82, 2.24) is 14.9 Å². The lowest BCUT2D eigenvalue weighted by molar-refractivity contribution is 0.0796. The number of nitrogens with one attached hydrogen (secondary N) is 1.